The summed E-state index contributed by atoms with van der Waals surface area (Å²) in [6.45, 7) is 2.38. The summed E-state index contributed by atoms with van der Waals surface area (Å²) < 4.78 is 27.9. The van der Waals surface area contributed by atoms with E-state index in [-0.39, 0.29) is 11.4 Å². The van der Waals surface area contributed by atoms with Crippen molar-refractivity contribution in [1.29, 1.82) is 0 Å². The minimum absolute atomic E-state index is 0.255. The predicted octanol–water partition coefficient (Wildman–Crippen LogP) is 4.30. The topological polar surface area (TPSA) is 139 Å². The van der Waals surface area contributed by atoms with Crippen LogP contribution in [0.3, 0.4) is 0 Å². The van der Waals surface area contributed by atoms with Gasteiger partial charge < -0.3 is 11.1 Å². The number of nitrogens with two attached hydrogens (primary N) is 1. The summed E-state index contributed by atoms with van der Waals surface area (Å²) in [5.41, 5.74) is 6.54. The van der Waals surface area contributed by atoms with Crippen LogP contribution < -0.4 is 11.1 Å². The average molecular weight is 439 g/mol. The first-order valence-corrected chi connectivity index (χ1v) is 9.54. The number of anilines is 2. The number of carbonyl (C=O) groups is 1. The number of nitrogens with one attached hydrogen (secondary N) is 2. The number of hydrogen-bond acceptors (Lipinski definition) is 7. The van der Waals surface area contributed by atoms with Crippen molar-refractivity contribution in [3.05, 3.63) is 71.0 Å². The minimum Gasteiger partial charge on any atom is -0.396 e. The SMILES string of the molecule is CCCN=O.Nc1ccc(F)c(C(=O)Nc2cnc3n[nH]c(-c4ccncc4)c3c2)c1F. The summed E-state index contributed by atoms with van der Waals surface area (Å²) >= 11 is 0. The summed E-state index contributed by atoms with van der Waals surface area (Å²) in [5, 5.41) is 12.7. The normalized spacial score (nSPS) is 10.3. The van der Waals surface area contributed by atoms with Crippen LogP contribution in [0.25, 0.3) is 22.3 Å². The molecule has 0 spiro atoms. The number of rotatable bonds is 5. The second kappa shape index (κ2) is 10.2. The van der Waals surface area contributed by atoms with Crippen LogP contribution in [-0.4, -0.2) is 32.6 Å². The highest BCUT2D eigenvalue weighted by molar-refractivity contribution is 6.06. The number of amides is 1. The summed E-state index contributed by atoms with van der Waals surface area (Å²) in [6.07, 6.45) is 5.47. The quantitative estimate of drug-likeness (QED) is 0.313. The van der Waals surface area contributed by atoms with Crippen molar-refractivity contribution in [2.24, 2.45) is 5.18 Å². The van der Waals surface area contributed by atoms with Crippen LogP contribution in [-0.2, 0) is 0 Å². The molecule has 0 saturated carbocycles. The molecular weight excluding hydrogens is 420 g/mol. The molecular formula is C21H19F2N7O2. The number of nitrogen functional groups attached to an aromatic ring is 1. The lowest BCUT2D eigenvalue weighted by molar-refractivity contribution is 0.101. The van der Waals surface area contributed by atoms with Crippen LogP contribution in [0.5, 0.6) is 0 Å². The fourth-order valence-electron chi connectivity index (χ4n) is 2.77. The largest absolute Gasteiger partial charge is 0.396 e. The fraction of sp³-hybridized carbons (Fsp3) is 0.143. The highest BCUT2D eigenvalue weighted by atomic mass is 19.1. The van der Waals surface area contributed by atoms with Crippen LogP contribution in [0.2, 0.25) is 0 Å². The number of aromatic amines is 1. The first-order chi connectivity index (χ1) is 15.5. The van der Waals surface area contributed by atoms with Crippen LogP contribution in [0.4, 0.5) is 20.2 Å². The molecule has 3 aromatic heterocycles. The average Bonchev–Trinajstić information content (AvgIpc) is 3.21. The maximum atomic E-state index is 14.0. The highest BCUT2D eigenvalue weighted by Gasteiger charge is 2.20. The number of hydrogen-bond donors (Lipinski definition) is 3. The summed E-state index contributed by atoms with van der Waals surface area (Å²) in [4.78, 5) is 29.6. The van der Waals surface area contributed by atoms with Gasteiger partial charge in [0, 0.05) is 23.3 Å². The smallest absolute Gasteiger partial charge is 0.261 e. The Morgan fingerprint density at radius 2 is 1.97 bits per heavy atom. The Hall–Kier alpha value is -4.28. The molecule has 4 aromatic rings. The highest BCUT2D eigenvalue weighted by Crippen LogP contribution is 2.27. The number of pyridine rings is 2. The fourth-order valence-corrected chi connectivity index (χ4v) is 2.77. The molecule has 3 heterocycles. The molecule has 164 valence electrons. The molecule has 1 amide bonds. The lowest BCUT2D eigenvalue weighted by Gasteiger charge is -2.08. The lowest BCUT2D eigenvalue weighted by atomic mass is 10.1. The molecule has 11 heteroatoms. The zero-order valence-electron chi connectivity index (χ0n) is 17.0. The van der Waals surface area contributed by atoms with E-state index in [1.807, 2.05) is 6.92 Å². The number of halogens is 2. The third-order valence-electron chi connectivity index (χ3n) is 4.30. The predicted molar refractivity (Wildman–Crippen MR) is 117 cm³/mol. The van der Waals surface area contributed by atoms with Gasteiger partial charge in [-0.3, -0.25) is 14.9 Å². The Morgan fingerprint density at radius 3 is 2.62 bits per heavy atom. The Labute approximate surface area is 181 Å². The Kier molecular flexibility index (Phi) is 7.11. The Morgan fingerprint density at radius 1 is 1.22 bits per heavy atom. The molecule has 0 fully saturated rings. The summed E-state index contributed by atoms with van der Waals surface area (Å²) in [7, 11) is 0. The van der Waals surface area contributed by atoms with Crippen molar-refractivity contribution in [2.45, 2.75) is 13.3 Å². The monoisotopic (exact) mass is 439 g/mol. The maximum Gasteiger partial charge on any atom is 0.261 e. The van der Waals surface area contributed by atoms with Crippen LogP contribution >= 0.6 is 0 Å². The minimum atomic E-state index is -1.11. The number of nitroso groups, excluding NO2 is 1. The standard InChI is InChI=1S/C18H12F2N6O.C3H7NO/c19-12-1-2-13(21)15(20)14(12)18(27)24-10-7-11-16(9-3-5-22-6-4-9)25-26-17(11)23-8-10;1-2-3-4-5/h1-8H,21H2,(H,24,27)(H,23,25,26);2-3H2,1H3. The number of nitrogens with zero attached hydrogens (tertiary/aromatic N) is 4. The number of carbonyl (C=O) groups excluding carboxylic acids is 1. The zero-order chi connectivity index (χ0) is 23.1. The van der Waals surface area contributed by atoms with E-state index in [2.05, 4.69) is 30.7 Å². The van der Waals surface area contributed by atoms with Gasteiger partial charge in [-0.05, 0) is 36.8 Å². The first-order valence-electron chi connectivity index (χ1n) is 9.54. The number of fused-ring (bicyclic) bond motifs is 1. The van der Waals surface area contributed by atoms with Crippen molar-refractivity contribution >= 4 is 28.3 Å². The van der Waals surface area contributed by atoms with Gasteiger partial charge in [0.1, 0.15) is 11.4 Å². The van der Waals surface area contributed by atoms with Gasteiger partial charge in [0.2, 0.25) is 0 Å². The second-order valence-corrected chi connectivity index (χ2v) is 6.56. The van der Waals surface area contributed by atoms with E-state index in [9.17, 15) is 13.6 Å². The van der Waals surface area contributed by atoms with Gasteiger partial charge >= 0.3 is 0 Å². The molecule has 4 N–H and O–H groups in total. The number of aromatic nitrogens is 4. The van der Waals surface area contributed by atoms with Crippen molar-refractivity contribution in [2.75, 3.05) is 17.6 Å². The molecule has 0 aliphatic rings. The van der Waals surface area contributed by atoms with Crippen LogP contribution in [0.1, 0.15) is 23.7 Å². The molecule has 0 radical (unpaired) electrons. The molecule has 0 unspecified atom stereocenters. The van der Waals surface area contributed by atoms with Crippen LogP contribution in [0.15, 0.2) is 54.1 Å². The summed E-state index contributed by atoms with van der Waals surface area (Å²) in [6, 6.07) is 7.18. The van der Waals surface area contributed by atoms with Crippen molar-refractivity contribution < 1.29 is 13.6 Å². The molecule has 9 nitrogen and oxygen atoms in total. The van der Waals surface area contributed by atoms with E-state index in [1.165, 1.54) is 6.20 Å². The maximum absolute atomic E-state index is 14.0. The summed E-state index contributed by atoms with van der Waals surface area (Å²) in [5.74, 6) is -3.08. The number of benzene rings is 1. The van der Waals surface area contributed by atoms with Crippen molar-refractivity contribution in [1.82, 2.24) is 20.2 Å². The molecule has 0 atom stereocenters. The first kappa shape index (κ1) is 22.4. The van der Waals surface area contributed by atoms with E-state index in [4.69, 9.17) is 10.6 Å². The molecule has 0 bridgehead atoms. The van der Waals surface area contributed by atoms with Gasteiger partial charge in [0.25, 0.3) is 5.91 Å². The van der Waals surface area contributed by atoms with Crippen molar-refractivity contribution in [3.8, 4) is 11.3 Å². The molecule has 4 rings (SSSR count). The van der Waals surface area contributed by atoms with Gasteiger partial charge in [-0.25, -0.2) is 13.8 Å². The molecule has 32 heavy (non-hydrogen) atoms. The molecule has 0 aliphatic carbocycles. The van der Waals surface area contributed by atoms with E-state index < -0.39 is 23.1 Å². The molecule has 0 aliphatic heterocycles. The van der Waals surface area contributed by atoms with Gasteiger partial charge in [-0.1, -0.05) is 12.1 Å². The molecule has 1 aromatic carbocycles. The Balaban J connectivity index is 0.000000523. The third-order valence-corrected chi connectivity index (χ3v) is 4.30. The van der Waals surface area contributed by atoms with E-state index in [0.29, 0.717) is 23.3 Å². The third kappa shape index (κ3) is 4.89. The van der Waals surface area contributed by atoms with Crippen LogP contribution in [0, 0.1) is 16.5 Å². The van der Waals surface area contributed by atoms with Crippen molar-refractivity contribution in [3.63, 3.8) is 0 Å². The lowest BCUT2D eigenvalue weighted by Crippen LogP contribution is -2.17. The van der Waals surface area contributed by atoms with Gasteiger partial charge in [0.15, 0.2) is 11.5 Å². The second-order valence-electron chi connectivity index (χ2n) is 6.56. The van der Waals surface area contributed by atoms with Gasteiger partial charge in [-0.2, -0.15) is 10.0 Å². The van der Waals surface area contributed by atoms with Gasteiger partial charge in [-0.15, -0.1) is 0 Å². The Bertz CT molecular complexity index is 1250. The van der Waals surface area contributed by atoms with E-state index in [1.54, 1.807) is 30.6 Å². The van der Waals surface area contributed by atoms with Gasteiger partial charge in [0.05, 0.1) is 29.8 Å². The van der Waals surface area contributed by atoms with E-state index in [0.717, 1.165) is 24.1 Å². The zero-order valence-corrected chi connectivity index (χ0v) is 17.0. The van der Waals surface area contributed by atoms with E-state index >= 15 is 0 Å². The number of H-pyrrole nitrogens is 1. The molecule has 0 saturated heterocycles.